The molecule has 2 N–H and O–H groups in total. The molecule has 2 heterocycles. The SMILES string of the molecule is C[C@H](Sc1nnc(-c2cccc(F)c2)n1N)c1nnc(-c2ccccc2)o1. The van der Waals surface area contributed by atoms with Crippen molar-refractivity contribution in [1.29, 1.82) is 0 Å². The summed E-state index contributed by atoms with van der Waals surface area (Å²) < 4.78 is 20.5. The monoisotopic (exact) mass is 382 g/mol. The summed E-state index contributed by atoms with van der Waals surface area (Å²) in [7, 11) is 0. The van der Waals surface area contributed by atoms with Crippen LogP contribution in [0.1, 0.15) is 18.1 Å². The number of halogens is 1. The van der Waals surface area contributed by atoms with Crippen LogP contribution in [0.15, 0.2) is 64.2 Å². The summed E-state index contributed by atoms with van der Waals surface area (Å²) in [6.45, 7) is 1.91. The molecule has 0 amide bonds. The molecule has 2 aromatic heterocycles. The number of nitrogen functional groups attached to an aromatic ring is 1. The largest absolute Gasteiger partial charge is 0.419 e. The molecule has 0 bridgehead atoms. The number of rotatable bonds is 5. The molecule has 2 aromatic carbocycles. The maximum absolute atomic E-state index is 13.4. The van der Waals surface area contributed by atoms with Crippen LogP contribution in [0.2, 0.25) is 0 Å². The minimum Gasteiger partial charge on any atom is -0.419 e. The Balaban J connectivity index is 1.54. The van der Waals surface area contributed by atoms with Gasteiger partial charge in [0.25, 0.3) is 0 Å². The minimum absolute atomic E-state index is 0.193. The third kappa shape index (κ3) is 3.54. The Labute approximate surface area is 158 Å². The Hall–Kier alpha value is -3.20. The molecule has 1 atom stereocenters. The summed E-state index contributed by atoms with van der Waals surface area (Å²) in [6, 6.07) is 15.6. The molecule has 0 radical (unpaired) electrons. The van der Waals surface area contributed by atoms with Crippen molar-refractivity contribution < 1.29 is 8.81 Å². The molecule has 0 aliphatic carbocycles. The molecule has 0 saturated carbocycles. The molecule has 27 heavy (non-hydrogen) atoms. The highest BCUT2D eigenvalue weighted by Crippen LogP contribution is 2.34. The Kier molecular flexibility index (Phi) is 4.59. The number of aromatic nitrogens is 5. The molecule has 4 rings (SSSR count). The highest BCUT2D eigenvalue weighted by Gasteiger charge is 2.20. The average Bonchev–Trinajstić information content (AvgIpc) is 3.30. The van der Waals surface area contributed by atoms with Crippen LogP contribution in [0.3, 0.4) is 0 Å². The van der Waals surface area contributed by atoms with Crippen molar-refractivity contribution in [1.82, 2.24) is 25.1 Å². The molecule has 9 heteroatoms. The summed E-state index contributed by atoms with van der Waals surface area (Å²) in [6.07, 6.45) is 0. The normalized spacial score (nSPS) is 12.2. The van der Waals surface area contributed by atoms with Crippen molar-refractivity contribution in [2.75, 3.05) is 5.84 Å². The third-order valence-electron chi connectivity index (χ3n) is 3.84. The lowest BCUT2D eigenvalue weighted by atomic mass is 10.2. The van der Waals surface area contributed by atoms with Crippen LogP contribution in [0.25, 0.3) is 22.8 Å². The summed E-state index contributed by atoms with van der Waals surface area (Å²) in [5.41, 5.74) is 1.40. The standard InChI is InChI=1S/C18H15FN6OS/c1-11(16-22-23-17(26-16)12-6-3-2-4-7-12)27-18-24-21-15(25(18)20)13-8-5-9-14(19)10-13/h2-11H,20H2,1H3/t11-/m0/s1. The van der Waals surface area contributed by atoms with Gasteiger partial charge in [0.05, 0.1) is 5.25 Å². The zero-order chi connectivity index (χ0) is 18.8. The molecule has 136 valence electrons. The van der Waals surface area contributed by atoms with Gasteiger partial charge in [0.15, 0.2) is 5.82 Å². The van der Waals surface area contributed by atoms with Crippen LogP contribution in [0.5, 0.6) is 0 Å². The second kappa shape index (κ2) is 7.20. The Morgan fingerprint density at radius 3 is 2.56 bits per heavy atom. The van der Waals surface area contributed by atoms with Crippen molar-refractivity contribution >= 4 is 11.8 Å². The van der Waals surface area contributed by atoms with Crippen LogP contribution in [0, 0.1) is 5.82 Å². The molecular formula is C18H15FN6OS. The van der Waals surface area contributed by atoms with Crippen molar-refractivity contribution in [2.45, 2.75) is 17.3 Å². The van der Waals surface area contributed by atoms with Crippen LogP contribution in [-0.4, -0.2) is 25.1 Å². The molecule has 0 fully saturated rings. The van der Waals surface area contributed by atoms with E-state index in [9.17, 15) is 4.39 Å². The van der Waals surface area contributed by atoms with Gasteiger partial charge in [0.1, 0.15) is 5.82 Å². The van der Waals surface area contributed by atoms with Crippen molar-refractivity contribution in [3.63, 3.8) is 0 Å². The lowest BCUT2D eigenvalue weighted by Crippen LogP contribution is -2.12. The predicted molar refractivity (Wildman–Crippen MR) is 99.6 cm³/mol. The van der Waals surface area contributed by atoms with E-state index in [1.54, 1.807) is 12.1 Å². The lowest BCUT2D eigenvalue weighted by molar-refractivity contribution is 0.509. The van der Waals surface area contributed by atoms with Gasteiger partial charge in [-0.05, 0) is 31.2 Å². The van der Waals surface area contributed by atoms with Gasteiger partial charge < -0.3 is 10.3 Å². The topological polar surface area (TPSA) is 95.7 Å². The van der Waals surface area contributed by atoms with E-state index in [1.807, 2.05) is 37.3 Å². The molecule has 7 nitrogen and oxygen atoms in total. The van der Waals surface area contributed by atoms with E-state index in [0.717, 1.165) is 5.56 Å². The van der Waals surface area contributed by atoms with E-state index >= 15 is 0 Å². The highest BCUT2D eigenvalue weighted by atomic mass is 32.2. The first-order valence-corrected chi connectivity index (χ1v) is 9.01. The highest BCUT2D eigenvalue weighted by molar-refractivity contribution is 7.99. The molecular weight excluding hydrogens is 367 g/mol. The van der Waals surface area contributed by atoms with Gasteiger partial charge in [0.2, 0.25) is 16.9 Å². The fourth-order valence-corrected chi connectivity index (χ4v) is 3.29. The van der Waals surface area contributed by atoms with Crippen molar-refractivity contribution in [3.8, 4) is 22.8 Å². The summed E-state index contributed by atoms with van der Waals surface area (Å²) in [5.74, 6) is 7.01. The Morgan fingerprint density at radius 1 is 1.00 bits per heavy atom. The van der Waals surface area contributed by atoms with Crippen LogP contribution in [-0.2, 0) is 0 Å². The fraction of sp³-hybridized carbons (Fsp3) is 0.111. The number of nitrogens with two attached hydrogens (primary N) is 1. The van der Waals surface area contributed by atoms with Gasteiger partial charge >= 0.3 is 0 Å². The maximum atomic E-state index is 13.4. The maximum Gasteiger partial charge on any atom is 0.247 e. The lowest BCUT2D eigenvalue weighted by Gasteiger charge is -2.06. The smallest absolute Gasteiger partial charge is 0.247 e. The van der Waals surface area contributed by atoms with Gasteiger partial charge in [-0.3, -0.25) is 0 Å². The van der Waals surface area contributed by atoms with Crippen LogP contribution >= 0.6 is 11.8 Å². The van der Waals surface area contributed by atoms with Crippen LogP contribution in [0.4, 0.5) is 4.39 Å². The van der Waals surface area contributed by atoms with Crippen molar-refractivity contribution in [3.05, 3.63) is 66.3 Å². The molecule has 0 aliphatic heterocycles. The molecule has 4 aromatic rings. The molecule has 0 aliphatic rings. The first-order valence-electron chi connectivity index (χ1n) is 8.13. The summed E-state index contributed by atoms with van der Waals surface area (Å²) >= 11 is 1.33. The van der Waals surface area contributed by atoms with E-state index < -0.39 is 0 Å². The number of nitrogens with zero attached hydrogens (tertiary/aromatic N) is 5. The zero-order valence-electron chi connectivity index (χ0n) is 14.3. The second-order valence-corrected chi connectivity index (χ2v) is 7.07. The molecule has 0 saturated heterocycles. The Morgan fingerprint density at radius 2 is 1.78 bits per heavy atom. The molecule has 0 unspecified atom stereocenters. The number of hydrogen-bond acceptors (Lipinski definition) is 7. The second-order valence-electron chi connectivity index (χ2n) is 5.76. The first kappa shape index (κ1) is 17.2. The third-order valence-corrected chi connectivity index (χ3v) is 4.88. The number of benzene rings is 2. The average molecular weight is 382 g/mol. The van der Waals surface area contributed by atoms with E-state index in [0.29, 0.717) is 28.3 Å². The Bertz CT molecular complexity index is 1060. The number of thioether (sulfide) groups is 1. The minimum atomic E-state index is -0.364. The summed E-state index contributed by atoms with van der Waals surface area (Å²) in [5, 5.41) is 16.6. The number of hydrogen-bond donors (Lipinski definition) is 1. The van der Waals surface area contributed by atoms with Crippen molar-refractivity contribution in [2.24, 2.45) is 0 Å². The van der Waals surface area contributed by atoms with Gasteiger partial charge in [-0.15, -0.1) is 20.4 Å². The van der Waals surface area contributed by atoms with Gasteiger partial charge in [0, 0.05) is 11.1 Å². The van der Waals surface area contributed by atoms with Gasteiger partial charge in [-0.25, -0.2) is 9.07 Å². The molecule has 0 spiro atoms. The summed E-state index contributed by atoms with van der Waals surface area (Å²) in [4.78, 5) is 0. The first-order chi connectivity index (χ1) is 13.1. The van der Waals surface area contributed by atoms with Gasteiger partial charge in [-0.1, -0.05) is 42.1 Å². The van der Waals surface area contributed by atoms with E-state index in [1.165, 1.54) is 28.6 Å². The van der Waals surface area contributed by atoms with E-state index in [2.05, 4.69) is 20.4 Å². The van der Waals surface area contributed by atoms with E-state index in [-0.39, 0.29) is 11.1 Å². The fourth-order valence-electron chi connectivity index (χ4n) is 2.49. The zero-order valence-corrected chi connectivity index (χ0v) is 15.1. The van der Waals surface area contributed by atoms with Gasteiger partial charge in [-0.2, -0.15) is 0 Å². The van der Waals surface area contributed by atoms with E-state index in [4.69, 9.17) is 10.3 Å². The predicted octanol–water partition coefficient (Wildman–Crippen LogP) is 3.70. The van der Waals surface area contributed by atoms with Crippen LogP contribution < -0.4 is 5.84 Å². The quantitative estimate of drug-likeness (QED) is 0.415.